The van der Waals surface area contributed by atoms with E-state index < -0.39 is 0 Å². The maximum absolute atomic E-state index is 5.60. The SMILES string of the molecule is COc1ccc(-n2nnnc2SCc2coc(-c3ccc(C)cc3)n2)cc1. The first kappa shape index (κ1) is 17.3. The molecule has 0 spiro atoms. The van der Waals surface area contributed by atoms with E-state index in [1.54, 1.807) is 18.1 Å². The Bertz CT molecular complexity index is 1020. The van der Waals surface area contributed by atoms with Gasteiger partial charge in [0.1, 0.15) is 12.0 Å². The monoisotopic (exact) mass is 379 g/mol. The van der Waals surface area contributed by atoms with Crippen LogP contribution in [-0.4, -0.2) is 32.3 Å². The van der Waals surface area contributed by atoms with Gasteiger partial charge in [-0.3, -0.25) is 0 Å². The lowest BCUT2D eigenvalue weighted by molar-refractivity contribution is 0.414. The van der Waals surface area contributed by atoms with Crippen LogP contribution in [0.25, 0.3) is 17.1 Å². The van der Waals surface area contributed by atoms with Crippen LogP contribution in [0.3, 0.4) is 0 Å². The van der Waals surface area contributed by atoms with E-state index >= 15 is 0 Å². The highest BCUT2D eigenvalue weighted by Gasteiger charge is 2.12. The summed E-state index contributed by atoms with van der Waals surface area (Å²) in [7, 11) is 1.64. The average Bonchev–Trinajstić information content (AvgIpc) is 3.36. The lowest BCUT2D eigenvalue weighted by atomic mass is 10.1. The van der Waals surface area contributed by atoms with Crippen molar-refractivity contribution < 1.29 is 9.15 Å². The van der Waals surface area contributed by atoms with E-state index in [2.05, 4.69) is 27.4 Å². The van der Waals surface area contributed by atoms with Crippen molar-refractivity contribution in [2.75, 3.05) is 7.11 Å². The van der Waals surface area contributed by atoms with Crippen molar-refractivity contribution in [1.82, 2.24) is 25.2 Å². The van der Waals surface area contributed by atoms with Crippen molar-refractivity contribution in [2.24, 2.45) is 0 Å². The van der Waals surface area contributed by atoms with Crippen molar-refractivity contribution in [1.29, 1.82) is 0 Å². The van der Waals surface area contributed by atoms with E-state index in [1.165, 1.54) is 17.3 Å². The normalized spacial score (nSPS) is 10.9. The summed E-state index contributed by atoms with van der Waals surface area (Å²) in [5, 5.41) is 12.6. The summed E-state index contributed by atoms with van der Waals surface area (Å²) < 4.78 is 12.5. The first-order chi connectivity index (χ1) is 13.2. The standard InChI is InChI=1S/C19H17N5O2S/c1-13-3-5-14(6-4-13)18-20-15(11-26-18)12-27-19-21-22-23-24(19)16-7-9-17(25-2)10-8-16/h3-11H,12H2,1-2H3. The number of rotatable bonds is 6. The molecule has 0 saturated carbocycles. The zero-order valence-electron chi connectivity index (χ0n) is 14.9. The molecule has 8 heteroatoms. The predicted octanol–water partition coefficient (Wildman–Crippen LogP) is 3.93. The lowest BCUT2D eigenvalue weighted by Gasteiger charge is -2.04. The summed E-state index contributed by atoms with van der Waals surface area (Å²) in [6, 6.07) is 15.6. The summed E-state index contributed by atoms with van der Waals surface area (Å²) in [5.74, 6) is 2.00. The fourth-order valence-corrected chi connectivity index (χ4v) is 3.26. The van der Waals surface area contributed by atoms with E-state index in [9.17, 15) is 0 Å². The Morgan fingerprint density at radius 3 is 2.59 bits per heavy atom. The zero-order chi connectivity index (χ0) is 18.6. The number of ether oxygens (including phenoxy) is 1. The molecular weight excluding hydrogens is 362 g/mol. The molecule has 136 valence electrons. The number of nitrogens with zero attached hydrogens (tertiary/aromatic N) is 5. The third-order valence-corrected chi connectivity index (χ3v) is 4.91. The molecule has 0 amide bonds. The van der Waals surface area contributed by atoms with Gasteiger partial charge in [0, 0.05) is 11.3 Å². The topological polar surface area (TPSA) is 78.9 Å². The fraction of sp³-hybridized carbons (Fsp3) is 0.158. The van der Waals surface area contributed by atoms with Crippen molar-refractivity contribution in [3.8, 4) is 22.9 Å². The Labute approximate surface area is 160 Å². The minimum Gasteiger partial charge on any atom is -0.497 e. The van der Waals surface area contributed by atoms with E-state index in [0.29, 0.717) is 16.8 Å². The smallest absolute Gasteiger partial charge is 0.226 e. The maximum atomic E-state index is 5.60. The molecule has 0 bridgehead atoms. The van der Waals surface area contributed by atoms with Gasteiger partial charge in [-0.15, -0.1) is 5.10 Å². The molecule has 0 fully saturated rings. The van der Waals surface area contributed by atoms with Crippen LogP contribution in [-0.2, 0) is 5.75 Å². The number of oxazole rings is 1. The van der Waals surface area contributed by atoms with Gasteiger partial charge in [-0.2, -0.15) is 4.68 Å². The first-order valence-electron chi connectivity index (χ1n) is 8.30. The van der Waals surface area contributed by atoms with E-state index in [4.69, 9.17) is 9.15 Å². The second kappa shape index (κ2) is 7.63. The number of hydrogen-bond donors (Lipinski definition) is 0. The summed E-state index contributed by atoms with van der Waals surface area (Å²) in [6.45, 7) is 2.05. The summed E-state index contributed by atoms with van der Waals surface area (Å²) >= 11 is 1.50. The molecule has 2 aromatic heterocycles. The molecule has 0 aliphatic carbocycles. The Hall–Kier alpha value is -3.13. The summed E-state index contributed by atoms with van der Waals surface area (Å²) in [4.78, 5) is 4.55. The van der Waals surface area contributed by atoms with Gasteiger partial charge in [-0.1, -0.05) is 29.5 Å². The van der Waals surface area contributed by atoms with Gasteiger partial charge < -0.3 is 9.15 Å². The Balaban J connectivity index is 1.47. The zero-order valence-corrected chi connectivity index (χ0v) is 15.7. The minimum absolute atomic E-state index is 0.603. The summed E-state index contributed by atoms with van der Waals surface area (Å²) in [5.41, 5.74) is 3.86. The second-order valence-corrected chi connectivity index (χ2v) is 6.81. The van der Waals surface area contributed by atoms with Crippen molar-refractivity contribution in [3.63, 3.8) is 0 Å². The van der Waals surface area contributed by atoms with Crippen molar-refractivity contribution in [2.45, 2.75) is 17.8 Å². The number of benzene rings is 2. The van der Waals surface area contributed by atoms with Crippen LogP contribution in [0.1, 0.15) is 11.3 Å². The first-order valence-corrected chi connectivity index (χ1v) is 9.28. The van der Waals surface area contributed by atoms with Gasteiger partial charge in [0.05, 0.1) is 18.5 Å². The van der Waals surface area contributed by atoms with Crippen LogP contribution < -0.4 is 4.74 Å². The number of aromatic nitrogens is 5. The number of methoxy groups -OCH3 is 1. The van der Waals surface area contributed by atoms with Gasteiger partial charge in [0.2, 0.25) is 11.0 Å². The molecule has 4 aromatic rings. The molecule has 7 nitrogen and oxygen atoms in total. The molecule has 2 heterocycles. The third-order valence-electron chi connectivity index (χ3n) is 3.96. The predicted molar refractivity (Wildman–Crippen MR) is 102 cm³/mol. The van der Waals surface area contributed by atoms with Crippen molar-refractivity contribution >= 4 is 11.8 Å². The quantitative estimate of drug-likeness (QED) is 0.470. The summed E-state index contributed by atoms with van der Waals surface area (Å²) in [6.07, 6.45) is 1.67. The van der Waals surface area contributed by atoms with Gasteiger partial charge in [0.25, 0.3) is 0 Å². The molecular formula is C19H17N5O2S. The molecule has 0 N–H and O–H groups in total. The molecule has 0 aliphatic rings. The Kier molecular flexibility index (Phi) is 4.88. The lowest BCUT2D eigenvalue weighted by Crippen LogP contribution is -1.99. The van der Waals surface area contributed by atoms with Crippen molar-refractivity contribution in [3.05, 3.63) is 66.1 Å². The molecule has 0 radical (unpaired) electrons. The van der Waals surface area contributed by atoms with Crippen LogP contribution in [0.2, 0.25) is 0 Å². The van der Waals surface area contributed by atoms with Gasteiger partial charge in [0.15, 0.2) is 0 Å². The van der Waals surface area contributed by atoms with E-state index in [0.717, 1.165) is 22.7 Å². The average molecular weight is 379 g/mol. The van der Waals surface area contributed by atoms with Crippen LogP contribution in [0.15, 0.2) is 64.4 Å². The highest BCUT2D eigenvalue weighted by Crippen LogP contribution is 2.25. The Morgan fingerprint density at radius 2 is 1.85 bits per heavy atom. The second-order valence-electron chi connectivity index (χ2n) is 5.87. The van der Waals surface area contributed by atoms with E-state index in [1.807, 2.05) is 48.5 Å². The van der Waals surface area contributed by atoms with E-state index in [-0.39, 0.29) is 0 Å². The molecule has 0 saturated heterocycles. The molecule has 0 atom stereocenters. The highest BCUT2D eigenvalue weighted by atomic mass is 32.2. The van der Waals surface area contributed by atoms with Gasteiger partial charge >= 0.3 is 0 Å². The third kappa shape index (κ3) is 3.85. The number of aryl methyl sites for hydroxylation is 1. The van der Waals surface area contributed by atoms with Crippen LogP contribution in [0.5, 0.6) is 5.75 Å². The number of thioether (sulfide) groups is 1. The molecule has 4 rings (SSSR count). The Morgan fingerprint density at radius 1 is 1.07 bits per heavy atom. The van der Waals surface area contributed by atoms with Crippen LogP contribution in [0.4, 0.5) is 0 Å². The highest BCUT2D eigenvalue weighted by molar-refractivity contribution is 7.98. The molecule has 0 aliphatic heterocycles. The maximum Gasteiger partial charge on any atom is 0.226 e. The minimum atomic E-state index is 0.603. The van der Waals surface area contributed by atoms with Gasteiger partial charge in [-0.25, -0.2) is 4.98 Å². The molecule has 2 aromatic carbocycles. The van der Waals surface area contributed by atoms with Gasteiger partial charge in [-0.05, 0) is 53.7 Å². The number of tetrazole rings is 1. The molecule has 0 unspecified atom stereocenters. The van der Waals surface area contributed by atoms with Crippen LogP contribution in [0, 0.1) is 6.92 Å². The largest absolute Gasteiger partial charge is 0.497 e. The number of hydrogen-bond acceptors (Lipinski definition) is 7. The molecule has 27 heavy (non-hydrogen) atoms. The van der Waals surface area contributed by atoms with Crippen LogP contribution >= 0.6 is 11.8 Å². The fourth-order valence-electron chi connectivity index (χ4n) is 2.49.